The number of benzene rings is 1. The molecule has 0 amide bonds. The molecule has 7 heteroatoms. The van der Waals surface area contributed by atoms with Crippen molar-refractivity contribution in [3.63, 3.8) is 0 Å². The molecule has 0 saturated carbocycles. The molecule has 126 valence electrons. The zero-order valence-electron chi connectivity index (χ0n) is 14.4. The Hall–Kier alpha value is -2.70. The lowest BCUT2D eigenvalue weighted by Crippen LogP contribution is -2.03. The fourth-order valence-electron chi connectivity index (χ4n) is 2.62. The predicted molar refractivity (Wildman–Crippen MR) is 88.8 cm³/mol. The van der Waals surface area contributed by atoms with Gasteiger partial charge in [-0.3, -0.25) is 0 Å². The van der Waals surface area contributed by atoms with Crippen molar-refractivity contribution in [2.24, 2.45) is 7.05 Å². The molecule has 0 spiro atoms. The highest BCUT2D eigenvalue weighted by molar-refractivity contribution is 5.60. The van der Waals surface area contributed by atoms with Crippen molar-refractivity contribution >= 4 is 0 Å². The van der Waals surface area contributed by atoms with Gasteiger partial charge in [-0.25, -0.2) is 4.98 Å². The second kappa shape index (κ2) is 6.82. The molecular weight excluding hydrogens is 306 g/mol. The van der Waals surface area contributed by atoms with Crippen LogP contribution in [0.5, 0.6) is 5.75 Å². The van der Waals surface area contributed by atoms with Crippen LogP contribution in [0.4, 0.5) is 0 Å². The van der Waals surface area contributed by atoms with E-state index >= 15 is 0 Å². The summed E-state index contributed by atoms with van der Waals surface area (Å²) in [5.74, 6) is 2.29. The van der Waals surface area contributed by atoms with Crippen LogP contribution in [0.2, 0.25) is 0 Å². The van der Waals surface area contributed by atoms with Crippen LogP contribution >= 0.6 is 0 Å². The normalized spacial score (nSPS) is 11.0. The third-order valence-corrected chi connectivity index (χ3v) is 3.67. The Labute approximate surface area is 140 Å². The Morgan fingerprint density at radius 1 is 1.17 bits per heavy atom. The second-order valence-corrected chi connectivity index (χ2v) is 5.88. The van der Waals surface area contributed by atoms with E-state index in [2.05, 4.69) is 20.4 Å². The van der Waals surface area contributed by atoms with E-state index < -0.39 is 0 Å². The van der Waals surface area contributed by atoms with Crippen molar-refractivity contribution in [2.45, 2.75) is 33.6 Å². The van der Waals surface area contributed by atoms with Gasteiger partial charge >= 0.3 is 0 Å². The van der Waals surface area contributed by atoms with Crippen LogP contribution in [-0.4, -0.2) is 31.8 Å². The first-order valence-electron chi connectivity index (χ1n) is 7.92. The molecule has 1 aromatic carbocycles. The standard InChI is InChI=1S/C17H21N5O2/c1-11-8-14(17-19-21-22(4)20-17)9-12(2)16(11)23-7-5-6-15-18-13(3)10-24-15/h8-10H,5-7H2,1-4H3. The highest BCUT2D eigenvalue weighted by Crippen LogP contribution is 2.28. The van der Waals surface area contributed by atoms with Crippen molar-refractivity contribution in [1.82, 2.24) is 25.2 Å². The Balaban J connectivity index is 1.63. The third kappa shape index (κ3) is 3.61. The third-order valence-electron chi connectivity index (χ3n) is 3.67. The van der Waals surface area contributed by atoms with Gasteiger partial charge in [0.05, 0.1) is 19.3 Å². The molecule has 2 aromatic heterocycles. The number of hydrogen-bond acceptors (Lipinski definition) is 6. The lowest BCUT2D eigenvalue weighted by Gasteiger charge is -2.13. The van der Waals surface area contributed by atoms with Gasteiger partial charge in [-0.15, -0.1) is 10.2 Å². The highest BCUT2D eigenvalue weighted by Gasteiger charge is 2.11. The maximum atomic E-state index is 5.96. The van der Waals surface area contributed by atoms with Gasteiger partial charge in [-0.2, -0.15) is 4.80 Å². The number of hydrogen-bond donors (Lipinski definition) is 0. The number of tetrazole rings is 1. The van der Waals surface area contributed by atoms with Gasteiger partial charge in [-0.1, -0.05) is 0 Å². The van der Waals surface area contributed by atoms with Crippen molar-refractivity contribution in [3.8, 4) is 17.1 Å². The van der Waals surface area contributed by atoms with Gasteiger partial charge < -0.3 is 9.15 Å². The number of aromatic nitrogens is 5. The minimum Gasteiger partial charge on any atom is -0.493 e. The summed E-state index contributed by atoms with van der Waals surface area (Å²) in [4.78, 5) is 5.75. The fourth-order valence-corrected chi connectivity index (χ4v) is 2.62. The topological polar surface area (TPSA) is 78.9 Å². The minimum absolute atomic E-state index is 0.617. The maximum Gasteiger partial charge on any atom is 0.204 e. The summed E-state index contributed by atoms with van der Waals surface area (Å²) in [7, 11) is 1.75. The van der Waals surface area contributed by atoms with Gasteiger partial charge in [0, 0.05) is 12.0 Å². The van der Waals surface area contributed by atoms with E-state index in [0.717, 1.165) is 46.9 Å². The van der Waals surface area contributed by atoms with Crippen LogP contribution in [0.1, 0.15) is 29.1 Å². The van der Waals surface area contributed by atoms with Crippen LogP contribution in [0, 0.1) is 20.8 Å². The van der Waals surface area contributed by atoms with Crippen molar-refractivity contribution < 1.29 is 9.15 Å². The molecule has 0 aliphatic carbocycles. The average Bonchev–Trinajstić information content (AvgIpc) is 3.14. The number of oxazole rings is 1. The largest absolute Gasteiger partial charge is 0.493 e. The molecule has 0 unspecified atom stereocenters. The summed E-state index contributed by atoms with van der Waals surface area (Å²) in [6.45, 7) is 6.59. The van der Waals surface area contributed by atoms with E-state index in [9.17, 15) is 0 Å². The molecule has 0 aliphatic rings. The van der Waals surface area contributed by atoms with Crippen LogP contribution in [0.15, 0.2) is 22.8 Å². The lowest BCUT2D eigenvalue weighted by molar-refractivity contribution is 0.301. The van der Waals surface area contributed by atoms with E-state index in [-0.39, 0.29) is 0 Å². The molecule has 0 bridgehead atoms. The molecule has 3 rings (SSSR count). The Kier molecular flexibility index (Phi) is 4.59. The summed E-state index contributed by atoms with van der Waals surface area (Å²) in [5, 5.41) is 12.2. The predicted octanol–water partition coefficient (Wildman–Crippen LogP) is 2.80. The van der Waals surface area contributed by atoms with E-state index in [1.165, 1.54) is 4.80 Å². The van der Waals surface area contributed by atoms with E-state index in [0.29, 0.717) is 12.4 Å². The summed E-state index contributed by atoms with van der Waals surface area (Å²) in [6, 6.07) is 4.05. The van der Waals surface area contributed by atoms with Crippen LogP contribution < -0.4 is 4.74 Å². The molecule has 0 saturated heterocycles. The molecular formula is C17H21N5O2. The fraction of sp³-hybridized carbons (Fsp3) is 0.412. The highest BCUT2D eigenvalue weighted by atomic mass is 16.5. The summed E-state index contributed by atoms with van der Waals surface area (Å²) >= 11 is 0. The first-order chi connectivity index (χ1) is 11.5. The maximum absolute atomic E-state index is 5.96. The molecule has 0 fully saturated rings. The molecule has 0 radical (unpaired) electrons. The molecule has 2 heterocycles. The Bertz CT molecular complexity index is 814. The number of nitrogens with zero attached hydrogens (tertiary/aromatic N) is 5. The van der Waals surface area contributed by atoms with E-state index in [4.69, 9.17) is 9.15 Å². The number of rotatable bonds is 6. The Morgan fingerprint density at radius 2 is 1.92 bits per heavy atom. The first kappa shape index (κ1) is 16.2. The van der Waals surface area contributed by atoms with Crippen molar-refractivity contribution in [2.75, 3.05) is 6.61 Å². The number of aryl methyl sites for hydroxylation is 5. The quantitative estimate of drug-likeness (QED) is 0.648. The molecule has 0 atom stereocenters. The smallest absolute Gasteiger partial charge is 0.204 e. The summed E-state index contributed by atoms with van der Waals surface area (Å²) < 4.78 is 11.3. The van der Waals surface area contributed by atoms with Gasteiger partial charge in [-0.05, 0) is 55.7 Å². The van der Waals surface area contributed by atoms with Gasteiger partial charge in [0.25, 0.3) is 0 Å². The van der Waals surface area contributed by atoms with Crippen molar-refractivity contribution in [1.29, 1.82) is 0 Å². The molecule has 7 nitrogen and oxygen atoms in total. The summed E-state index contributed by atoms with van der Waals surface area (Å²) in [5.41, 5.74) is 3.97. The summed E-state index contributed by atoms with van der Waals surface area (Å²) in [6.07, 6.45) is 3.30. The minimum atomic E-state index is 0.617. The zero-order valence-corrected chi connectivity index (χ0v) is 14.4. The zero-order chi connectivity index (χ0) is 17.1. The SMILES string of the molecule is Cc1coc(CCCOc2c(C)cc(-c3nnn(C)n3)cc2C)n1. The molecule has 0 aliphatic heterocycles. The van der Waals surface area contributed by atoms with Gasteiger partial charge in [0.1, 0.15) is 12.0 Å². The second-order valence-electron chi connectivity index (χ2n) is 5.88. The average molecular weight is 327 g/mol. The molecule has 24 heavy (non-hydrogen) atoms. The van der Waals surface area contributed by atoms with Crippen molar-refractivity contribution in [3.05, 3.63) is 41.1 Å². The molecule has 0 N–H and O–H groups in total. The molecule has 3 aromatic rings. The number of ether oxygens (including phenoxy) is 1. The monoisotopic (exact) mass is 327 g/mol. The Morgan fingerprint density at radius 3 is 2.50 bits per heavy atom. The van der Waals surface area contributed by atoms with Crippen LogP contribution in [-0.2, 0) is 13.5 Å². The van der Waals surface area contributed by atoms with E-state index in [1.54, 1.807) is 13.3 Å². The van der Waals surface area contributed by atoms with Gasteiger partial charge in [0.15, 0.2) is 5.89 Å². The van der Waals surface area contributed by atoms with E-state index in [1.807, 2.05) is 32.9 Å². The lowest BCUT2D eigenvalue weighted by atomic mass is 10.1. The first-order valence-corrected chi connectivity index (χ1v) is 7.92. The van der Waals surface area contributed by atoms with Crippen LogP contribution in [0.3, 0.4) is 0 Å². The van der Waals surface area contributed by atoms with Crippen LogP contribution in [0.25, 0.3) is 11.4 Å². The van der Waals surface area contributed by atoms with Gasteiger partial charge in [0.2, 0.25) is 5.82 Å².